The largest absolute Gasteiger partial charge is 0.385 e. The van der Waals surface area contributed by atoms with Crippen molar-refractivity contribution in [2.24, 2.45) is 0 Å². The van der Waals surface area contributed by atoms with Gasteiger partial charge < -0.3 is 15.5 Å². The van der Waals surface area contributed by atoms with Crippen molar-refractivity contribution < 1.29 is 23.0 Å². The minimum atomic E-state index is -3.53. The first kappa shape index (κ1) is 24.4. The van der Waals surface area contributed by atoms with Gasteiger partial charge in [0.15, 0.2) is 12.4 Å². The predicted molar refractivity (Wildman–Crippen MR) is 122 cm³/mol. The molecule has 1 saturated heterocycles. The molecule has 1 aliphatic heterocycles. The summed E-state index contributed by atoms with van der Waals surface area (Å²) in [5.41, 5.74) is 0.916. The van der Waals surface area contributed by atoms with Crippen LogP contribution in [0, 0.1) is 0 Å². The zero-order valence-corrected chi connectivity index (χ0v) is 19.5. The number of piperidine rings is 1. The molecule has 0 bridgehead atoms. The minimum absolute atomic E-state index is 0.101. The van der Waals surface area contributed by atoms with E-state index in [0.717, 1.165) is 44.2 Å². The number of pyridine rings is 1. The SMILES string of the molecule is O=C(CNS(=O)(=O)C1CCCCC1)NC(CCNc1cc[nH+]cc1)C(=O)N1CCCCC1. The average Bonchev–Trinajstić information content (AvgIpc) is 2.83. The molecule has 1 atom stereocenters. The number of rotatable bonds is 10. The van der Waals surface area contributed by atoms with Crippen LogP contribution >= 0.6 is 0 Å². The van der Waals surface area contributed by atoms with Gasteiger partial charge in [0, 0.05) is 37.5 Å². The molecule has 4 N–H and O–H groups in total. The first-order valence-electron chi connectivity index (χ1n) is 11.7. The van der Waals surface area contributed by atoms with Crippen LogP contribution in [0.2, 0.25) is 0 Å². The minimum Gasteiger partial charge on any atom is -0.385 e. The van der Waals surface area contributed by atoms with Crippen LogP contribution in [-0.2, 0) is 19.6 Å². The number of H-pyrrole nitrogens is 1. The summed E-state index contributed by atoms with van der Waals surface area (Å²) in [6.45, 7) is 1.55. The first-order valence-corrected chi connectivity index (χ1v) is 13.3. The molecule has 0 spiro atoms. The molecule has 1 aromatic rings. The van der Waals surface area contributed by atoms with E-state index in [1.165, 1.54) is 0 Å². The Labute approximate surface area is 190 Å². The summed E-state index contributed by atoms with van der Waals surface area (Å²) in [4.78, 5) is 30.4. The van der Waals surface area contributed by atoms with E-state index in [9.17, 15) is 18.0 Å². The zero-order chi connectivity index (χ0) is 22.8. The van der Waals surface area contributed by atoms with Crippen LogP contribution in [0.1, 0.15) is 57.8 Å². The Morgan fingerprint density at radius 1 is 1.03 bits per heavy atom. The van der Waals surface area contributed by atoms with Gasteiger partial charge in [-0.05, 0) is 38.5 Å². The Kier molecular flexibility index (Phi) is 9.28. The van der Waals surface area contributed by atoms with E-state index in [0.29, 0.717) is 38.9 Å². The monoisotopic (exact) mass is 466 g/mol. The molecular weight excluding hydrogens is 430 g/mol. The Balaban J connectivity index is 1.55. The molecule has 0 aromatic carbocycles. The number of hydrogen-bond acceptors (Lipinski definition) is 5. The Morgan fingerprint density at radius 3 is 2.38 bits per heavy atom. The number of carbonyl (C=O) groups is 2. The third kappa shape index (κ3) is 7.44. The van der Waals surface area contributed by atoms with E-state index in [1.807, 2.05) is 12.1 Å². The van der Waals surface area contributed by atoms with Crippen molar-refractivity contribution >= 4 is 27.5 Å². The normalized spacial score (nSPS) is 18.7. The second-order valence-corrected chi connectivity index (χ2v) is 10.7. The lowest BCUT2D eigenvalue weighted by Gasteiger charge is -2.31. The van der Waals surface area contributed by atoms with Gasteiger partial charge in [0.05, 0.1) is 11.8 Å². The number of amides is 2. The smallest absolute Gasteiger partial charge is 0.245 e. The molecule has 2 heterocycles. The first-order chi connectivity index (χ1) is 15.5. The zero-order valence-electron chi connectivity index (χ0n) is 18.6. The molecule has 178 valence electrons. The lowest BCUT2D eigenvalue weighted by atomic mass is 10.0. The molecule has 0 radical (unpaired) electrons. The van der Waals surface area contributed by atoms with Crippen molar-refractivity contribution in [3.63, 3.8) is 0 Å². The highest BCUT2D eigenvalue weighted by atomic mass is 32.2. The van der Waals surface area contributed by atoms with Crippen molar-refractivity contribution in [3.05, 3.63) is 24.5 Å². The molecule has 2 aliphatic rings. The van der Waals surface area contributed by atoms with Crippen LogP contribution in [0.4, 0.5) is 5.69 Å². The molecule has 32 heavy (non-hydrogen) atoms. The van der Waals surface area contributed by atoms with E-state index >= 15 is 0 Å². The molecule has 1 unspecified atom stereocenters. The fraction of sp³-hybridized carbons (Fsp3) is 0.682. The second-order valence-electron chi connectivity index (χ2n) is 8.64. The van der Waals surface area contributed by atoms with Crippen molar-refractivity contribution in [2.75, 3.05) is 31.5 Å². The molecule has 2 amide bonds. The Bertz CT molecular complexity index is 837. The van der Waals surface area contributed by atoms with Crippen molar-refractivity contribution in [3.8, 4) is 0 Å². The summed E-state index contributed by atoms with van der Waals surface area (Å²) in [5, 5.41) is 5.60. The summed E-state index contributed by atoms with van der Waals surface area (Å²) in [6.07, 6.45) is 11.2. The van der Waals surface area contributed by atoms with Crippen molar-refractivity contribution in [2.45, 2.75) is 69.1 Å². The summed E-state index contributed by atoms with van der Waals surface area (Å²) in [5.74, 6) is -0.578. The number of nitrogens with one attached hydrogen (secondary N) is 4. The maximum atomic E-state index is 13.1. The predicted octanol–water partition coefficient (Wildman–Crippen LogP) is 1.05. The lowest BCUT2D eigenvalue weighted by Crippen LogP contribution is -2.52. The Morgan fingerprint density at radius 2 is 1.69 bits per heavy atom. The molecule has 9 nitrogen and oxygen atoms in total. The number of aromatic amines is 1. The van der Waals surface area contributed by atoms with Crippen LogP contribution in [0.25, 0.3) is 0 Å². The molecule has 1 saturated carbocycles. The highest BCUT2D eigenvalue weighted by Crippen LogP contribution is 2.22. The quantitative estimate of drug-likeness (QED) is 0.476. The van der Waals surface area contributed by atoms with Gasteiger partial charge in [0.1, 0.15) is 6.04 Å². The lowest BCUT2D eigenvalue weighted by molar-refractivity contribution is -0.377. The standard InChI is InChI=1S/C22H35N5O4S/c28-21(17-25-32(30,31)19-7-3-1-4-8-19)26-20(22(29)27-15-5-2-6-16-27)11-14-24-18-9-12-23-13-10-18/h9-10,12-13,19-20,25H,1-8,11,14-17H2,(H,23,24)(H,26,28)/p+1. The molecule has 3 rings (SSSR count). The van der Waals surface area contributed by atoms with Gasteiger partial charge in [0.2, 0.25) is 21.8 Å². The molecule has 1 aliphatic carbocycles. The van der Waals surface area contributed by atoms with Crippen LogP contribution in [0.15, 0.2) is 24.5 Å². The second kappa shape index (κ2) is 12.2. The van der Waals surface area contributed by atoms with E-state index in [-0.39, 0.29) is 12.5 Å². The number of sulfonamides is 1. The Hall–Kier alpha value is -2.20. The molecule has 10 heteroatoms. The molecule has 2 fully saturated rings. The van der Waals surface area contributed by atoms with Crippen LogP contribution in [0.5, 0.6) is 0 Å². The van der Waals surface area contributed by atoms with Gasteiger partial charge in [-0.1, -0.05) is 19.3 Å². The fourth-order valence-corrected chi connectivity index (χ4v) is 5.88. The van der Waals surface area contributed by atoms with E-state index in [4.69, 9.17) is 0 Å². The summed E-state index contributed by atoms with van der Waals surface area (Å²) in [7, 11) is -3.53. The summed E-state index contributed by atoms with van der Waals surface area (Å²) in [6, 6.07) is 3.09. The van der Waals surface area contributed by atoms with Gasteiger partial charge in [-0.25, -0.2) is 18.1 Å². The van der Waals surface area contributed by atoms with Gasteiger partial charge in [0.25, 0.3) is 0 Å². The molecule has 1 aromatic heterocycles. The summed E-state index contributed by atoms with van der Waals surface area (Å²) >= 11 is 0. The van der Waals surface area contributed by atoms with Crippen LogP contribution in [-0.4, -0.2) is 62.6 Å². The van der Waals surface area contributed by atoms with Gasteiger partial charge in [-0.2, -0.15) is 0 Å². The van der Waals surface area contributed by atoms with Crippen molar-refractivity contribution in [1.29, 1.82) is 0 Å². The number of likely N-dealkylation sites (tertiary alicyclic amines) is 1. The fourth-order valence-electron chi connectivity index (χ4n) is 4.36. The van der Waals surface area contributed by atoms with E-state index in [2.05, 4.69) is 20.3 Å². The van der Waals surface area contributed by atoms with Crippen LogP contribution in [0.3, 0.4) is 0 Å². The maximum Gasteiger partial charge on any atom is 0.245 e. The topological polar surface area (TPSA) is 122 Å². The number of nitrogens with zero attached hydrogens (tertiary/aromatic N) is 1. The number of carbonyl (C=O) groups excluding carboxylic acids is 2. The number of hydrogen-bond donors (Lipinski definition) is 3. The van der Waals surface area contributed by atoms with Gasteiger partial charge in [-0.15, -0.1) is 0 Å². The highest BCUT2D eigenvalue weighted by Gasteiger charge is 2.29. The van der Waals surface area contributed by atoms with E-state index in [1.54, 1.807) is 17.3 Å². The third-order valence-electron chi connectivity index (χ3n) is 6.21. The number of aromatic nitrogens is 1. The van der Waals surface area contributed by atoms with Gasteiger partial charge in [-0.3, -0.25) is 9.59 Å². The average molecular weight is 467 g/mol. The van der Waals surface area contributed by atoms with Crippen molar-refractivity contribution in [1.82, 2.24) is 14.9 Å². The van der Waals surface area contributed by atoms with Gasteiger partial charge >= 0.3 is 0 Å². The third-order valence-corrected chi connectivity index (χ3v) is 8.10. The maximum absolute atomic E-state index is 13.1. The summed E-state index contributed by atoms with van der Waals surface area (Å²) < 4.78 is 27.5. The number of anilines is 1. The van der Waals surface area contributed by atoms with E-state index < -0.39 is 27.2 Å². The highest BCUT2D eigenvalue weighted by molar-refractivity contribution is 7.90. The molecular formula is C22H36N5O4S+. The van der Waals surface area contributed by atoms with Crippen LogP contribution < -0.4 is 20.3 Å².